The van der Waals surface area contributed by atoms with Crippen LogP contribution in [0.1, 0.15) is 5.56 Å². The lowest BCUT2D eigenvalue weighted by Gasteiger charge is -2.06. The number of fused-ring (bicyclic) bond motifs is 3. The van der Waals surface area contributed by atoms with E-state index >= 15 is 0 Å². The minimum Gasteiger partial charge on any atom is -0.451 e. The molecular formula is C19H14ClN3O2S. The Kier molecular flexibility index (Phi) is 4.53. The average molecular weight is 384 g/mol. The number of thioether (sulfide) groups is 1. The topological polar surface area (TPSA) is 68.0 Å². The van der Waals surface area contributed by atoms with Crippen LogP contribution in [0.3, 0.4) is 0 Å². The Bertz CT molecular complexity index is 1130. The molecule has 2 heterocycles. The number of anilines is 1. The van der Waals surface area contributed by atoms with Gasteiger partial charge in [0.25, 0.3) is 0 Å². The van der Waals surface area contributed by atoms with Crippen LogP contribution >= 0.6 is 23.4 Å². The second-order valence-electron chi connectivity index (χ2n) is 5.76. The molecule has 0 bridgehead atoms. The Morgan fingerprint density at radius 1 is 1.23 bits per heavy atom. The highest BCUT2D eigenvalue weighted by molar-refractivity contribution is 8.00. The zero-order valence-electron chi connectivity index (χ0n) is 13.8. The number of furan rings is 1. The Hall–Kier alpha value is -2.57. The van der Waals surface area contributed by atoms with E-state index in [1.54, 1.807) is 6.07 Å². The van der Waals surface area contributed by atoms with Crippen LogP contribution in [0.15, 0.2) is 58.2 Å². The van der Waals surface area contributed by atoms with Crippen molar-refractivity contribution in [3.63, 3.8) is 0 Å². The first-order valence-electron chi connectivity index (χ1n) is 7.93. The van der Waals surface area contributed by atoms with Gasteiger partial charge in [-0.2, -0.15) is 0 Å². The third kappa shape index (κ3) is 3.25. The van der Waals surface area contributed by atoms with E-state index < -0.39 is 0 Å². The van der Waals surface area contributed by atoms with Crippen LogP contribution in [0.5, 0.6) is 0 Å². The average Bonchev–Trinajstić information content (AvgIpc) is 3.02. The molecule has 2 aromatic carbocycles. The third-order valence-electron chi connectivity index (χ3n) is 3.92. The summed E-state index contributed by atoms with van der Waals surface area (Å²) in [4.78, 5) is 20.8. The van der Waals surface area contributed by atoms with Gasteiger partial charge in [0.2, 0.25) is 5.91 Å². The van der Waals surface area contributed by atoms with Gasteiger partial charge >= 0.3 is 0 Å². The molecule has 5 nitrogen and oxygen atoms in total. The van der Waals surface area contributed by atoms with Crippen LogP contribution < -0.4 is 5.32 Å². The van der Waals surface area contributed by atoms with Crippen molar-refractivity contribution >= 4 is 57.0 Å². The highest BCUT2D eigenvalue weighted by atomic mass is 35.5. The SMILES string of the molecule is Cc1ccc(NC(=O)CSc2ncnc3c2oc2ccccc23)cc1Cl. The lowest BCUT2D eigenvalue weighted by molar-refractivity contribution is -0.113. The van der Waals surface area contributed by atoms with Crippen LogP contribution in [0, 0.1) is 6.92 Å². The van der Waals surface area contributed by atoms with Crippen LogP contribution in [-0.2, 0) is 4.79 Å². The lowest BCUT2D eigenvalue weighted by Crippen LogP contribution is -2.14. The minimum atomic E-state index is -0.141. The Morgan fingerprint density at radius 2 is 2.08 bits per heavy atom. The predicted molar refractivity (Wildman–Crippen MR) is 105 cm³/mol. The molecule has 4 rings (SSSR count). The van der Waals surface area contributed by atoms with Gasteiger partial charge < -0.3 is 9.73 Å². The summed E-state index contributed by atoms with van der Waals surface area (Å²) in [5, 5.41) is 5.03. The number of aromatic nitrogens is 2. The van der Waals surface area contributed by atoms with Gasteiger partial charge in [-0.05, 0) is 36.8 Å². The Morgan fingerprint density at radius 3 is 2.92 bits per heavy atom. The highest BCUT2D eigenvalue weighted by Gasteiger charge is 2.14. The molecule has 4 aromatic rings. The molecule has 0 saturated carbocycles. The first-order chi connectivity index (χ1) is 12.6. The molecule has 130 valence electrons. The number of hydrogen-bond donors (Lipinski definition) is 1. The van der Waals surface area contributed by atoms with Crippen molar-refractivity contribution in [3.05, 3.63) is 59.4 Å². The number of nitrogens with one attached hydrogen (secondary N) is 1. The van der Waals surface area contributed by atoms with Crippen LogP contribution in [0.25, 0.3) is 22.1 Å². The number of aryl methyl sites for hydroxylation is 1. The smallest absolute Gasteiger partial charge is 0.234 e. The number of halogens is 1. The van der Waals surface area contributed by atoms with Crippen molar-refractivity contribution < 1.29 is 9.21 Å². The first kappa shape index (κ1) is 16.9. The second-order valence-corrected chi connectivity index (χ2v) is 7.13. The molecule has 0 aliphatic heterocycles. The van der Waals surface area contributed by atoms with Crippen molar-refractivity contribution in [2.24, 2.45) is 0 Å². The van der Waals surface area contributed by atoms with Gasteiger partial charge in [0.1, 0.15) is 22.5 Å². The van der Waals surface area contributed by atoms with Crippen molar-refractivity contribution in [1.82, 2.24) is 9.97 Å². The van der Waals surface area contributed by atoms with Gasteiger partial charge in [-0.3, -0.25) is 4.79 Å². The van der Waals surface area contributed by atoms with E-state index in [0.717, 1.165) is 22.0 Å². The fourth-order valence-electron chi connectivity index (χ4n) is 2.61. The van der Waals surface area contributed by atoms with Crippen molar-refractivity contribution in [2.75, 3.05) is 11.1 Å². The van der Waals surface area contributed by atoms with E-state index in [2.05, 4.69) is 15.3 Å². The van der Waals surface area contributed by atoms with Crippen LogP contribution in [-0.4, -0.2) is 21.6 Å². The second kappa shape index (κ2) is 6.97. The zero-order chi connectivity index (χ0) is 18.1. The van der Waals surface area contributed by atoms with Crippen LogP contribution in [0.4, 0.5) is 5.69 Å². The molecule has 7 heteroatoms. The maximum atomic E-state index is 12.2. The summed E-state index contributed by atoms with van der Waals surface area (Å²) < 4.78 is 5.87. The minimum absolute atomic E-state index is 0.141. The number of benzene rings is 2. The highest BCUT2D eigenvalue weighted by Crippen LogP contribution is 2.32. The van der Waals surface area contributed by atoms with Gasteiger partial charge in [0.15, 0.2) is 5.58 Å². The fraction of sp³-hybridized carbons (Fsp3) is 0.105. The Balaban J connectivity index is 1.52. The molecule has 0 aliphatic carbocycles. The molecule has 2 aromatic heterocycles. The van der Waals surface area contributed by atoms with Gasteiger partial charge in [-0.1, -0.05) is 41.6 Å². The molecule has 26 heavy (non-hydrogen) atoms. The third-order valence-corrected chi connectivity index (χ3v) is 5.30. The van der Waals surface area contributed by atoms with Gasteiger partial charge in [-0.25, -0.2) is 9.97 Å². The van der Waals surface area contributed by atoms with Crippen LogP contribution in [0.2, 0.25) is 5.02 Å². The van der Waals surface area contributed by atoms with E-state index in [9.17, 15) is 4.79 Å². The molecule has 0 unspecified atom stereocenters. The van der Waals surface area contributed by atoms with Crippen molar-refractivity contribution in [3.8, 4) is 0 Å². The summed E-state index contributed by atoms with van der Waals surface area (Å²) in [6.45, 7) is 1.91. The lowest BCUT2D eigenvalue weighted by atomic mass is 10.2. The molecule has 0 saturated heterocycles. The molecule has 1 amide bonds. The van der Waals surface area contributed by atoms with Gasteiger partial charge in [-0.15, -0.1) is 0 Å². The number of nitrogens with zero attached hydrogens (tertiary/aromatic N) is 2. The summed E-state index contributed by atoms with van der Waals surface area (Å²) in [6, 6.07) is 13.1. The quantitative estimate of drug-likeness (QED) is 0.393. The summed E-state index contributed by atoms with van der Waals surface area (Å²) in [7, 11) is 0. The zero-order valence-corrected chi connectivity index (χ0v) is 15.4. The monoisotopic (exact) mass is 383 g/mol. The largest absolute Gasteiger partial charge is 0.451 e. The van der Waals surface area contributed by atoms with E-state index in [4.69, 9.17) is 16.0 Å². The number of carbonyl (C=O) groups is 1. The van der Waals surface area contributed by atoms with Gasteiger partial charge in [0, 0.05) is 16.1 Å². The molecule has 1 N–H and O–H groups in total. The number of rotatable bonds is 4. The standard InChI is InChI=1S/C19H14ClN3O2S/c1-11-6-7-12(8-14(11)20)23-16(24)9-26-19-18-17(21-10-22-19)13-4-2-3-5-15(13)25-18/h2-8,10H,9H2,1H3,(H,23,24). The molecule has 0 atom stereocenters. The molecule has 0 radical (unpaired) electrons. The van der Waals surface area contributed by atoms with E-state index in [0.29, 0.717) is 21.3 Å². The van der Waals surface area contributed by atoms with Crippen molar-refractivity contribution in [2.45, 2.75) is 11.9 Å². The number of hydrogen-bond acceptors (Lipinski definition) is 5. The molecule has 0 aliphatic rings. The molecule has 0 spiro atoms. The Labute approximate surface area is 158 Å². The number of carbonyl (C=O) groups excluding carboxylic acids is 1. The van der Waals surface area contributed by atoms with E-state index in [1.165, 1.54) is 18.1 Å². The number of amides is 1. The summed E-state index contributed by atoms with van der Waals surface area (Å²) in [5.41, 5.74) is 3.74. The fourth-order valence-corrected chi connectivity index (χ4v) is 3.52. The maximum Gasteiger partial charge on any atom is 0.234 e. The summed E-state index contributed by atoms with van der Waals surface area (Å²) >= 11 is 7.40. The summed E-state index contributed by atoms with van der Waals surface area (Å²) in [6.07, 6.45) is 1.49. The molecule has 0 fully saturated rings. The number of para-hydroxylation sites is 1. The predicted octanol–water partition coefficient (Wildman–Crippen LogP) is 5.07. The van der Waals surface area contributed by atoms with Crippen molar-refractivity contribution in [1.29, 1.82) is 0 Å². The first-order valence-corrected chi connectivity index (χ1v) is 9.29. The normalized spacial score (nSPS) is 11.2. The summed E-state index contributed by atoms with van der Waals surface area (Å²) in [5.74, 6) is 0.0621. The van der Waals surface area contributed by atoms with Gasteiger partial charge in [0.05, 0.1) is 5.75 Å². The van der Waals surface area contributed by atoms with E-state index in [1.807, 2.05) is 43.3 Å². The maximum absolute atomic E-state index is 12.2. The van der Waals surface area contributed by atoms with E-state index in [-0.39, 0.29) is 11.7 Å². The molecular weight excluding hydrogens is 370 g/mol.